The van der Waals surface area contributed by atoms with Crippen LogP contribution in [0.25, 0.3) is 0 Å². The van der Waals surface area contributed by atoms with Crippen LogP contribution in [0.2, 0.25) is 5.02 Å². The van der Waals surface area contributed by atoms with E-state index in [9.17, 15) is 0 Å². The topological polar surface area (TPSA) is 33.1 Å². The van der Waals surface area contributed by atoms with Crippen molar-refractivity contribution in [1.82, 2.24) is 20.0 Å². The van der Waals surface area contributed by atoms with Crippen molar-refractivity contribution in [2.24, 2.45) is 0 Å². The average Bonchev–Trinajstić information content (AvgIpc) is 2.95. The van der Waals surface area contributed by atoms with E-state index < -0.39 is 0 Å². The van der Waals surface area contributed by atoms with Crippen molar-refractivity contribution in [1.29, 1.82) is 0 Å². The van der Waals surface area contributed by atoms with Gasteiger partial charge in [-0.3, -0.25) is 9.58 Å². The highest BCUT2D eigenvalue weighted by molar-refractivity contribution is 6.30. The Morgan fingerprint density at radius 2 is 2.08 bits per heavy atom. The van der Waals surface area contributed by atoms with E-state index in [0.29, 0.717) is 6.04 Å². The van der Waals surface area contributed by atoms with Crippen LogP contribution in [0.1, 0.15) is 43.0 Å². The van der Waals surface area contributed by atoms with Crippen LogP contribution in [0.15, 0.2) is 30.5 Å². The Hall–Kier alpha value is -1.36. The predicted molar refractivity (Wildman–Crippen MR) is 104 cm³/mol. The largest absolute Gasteiger partial charge is 0.309 e. The molecular weight excluding hydrogens is 332 g/mol. The minimum absolute atomic E-state index is 0.551. The normalized spacial score (nSPS) is 18.6. The van der Waals surface area contributed by atoms with Crippen molar-refractivity contribution < 1.29 is 0 Å². The quantitative estimate of drug-likeness (QED) is 0.809. The number of nitrogens with zero attached hydrogens (tertiary/aromatic N) is 3. The lowest BCUT2D eigenvalue weighted by Crippen LogP contribution is -2.45. The van der Waals surface area contributed by atoms with E-state index in [-0.39, 0.29) is 0 Å². The van der Waals surface area contributed by atoms with Crippen LogP contribution < -0.4 is 5.32 Å². The maximum absolute atomic E-state index is 5.98. The van der Waals surface area contributed by atoms with Gasteiger partial charge < -0.3 is 5.32 Å². The number of nitrogens with one attached hydrogen (secondary N) is 1. The Kier molecular flexibility index (Phi) is 6.51. The monoisotopic (exact) mass is 360 g/mol. The Balaban J connectivity index is 1.50. The van der Waals surface area contributed by atoms with E-state index in [4.69, 9.17) is 11.6 Å². The third-order valence-electron chi connectivity index (χ3n) is 4.91. The van der Waals surface area contributed by atoms with Gasteiger partial charge in [-0.25, -0.2) is 0 Å². The first-order chi connectivity index (χ1) is 12.1. The molecule has 0 aliphatic carbocycles. The summed E-state index contributed by atoms with van der Waals surface area (Å²) in [5.74, 6) is 0. The highest BCUT2D eigenvalue weighted by atomic mass is 35.5. The molecule has 1 saturated heterocycles. The second-order valence-electron chi connectivity index (χ2n) is 7.08. The van der Waals surface area contributed by atoms with Crippen LogP contribution in [-0.4, -0.2) is 33.8 Å². The zero-order valence-corrected chi connectivity index (χ0v) is 16.1. The number of aryl methyl sites for hydroxylation is 2. The molecule has 2 aromatic rings. The summed E-state index contributed by atoms with van der Waals surface area (Å²) in [6.07, 6.45) is 5.81. The fourth-order valence-electron chi connectivity index (χ4n) is 3.54. The first-order valence-electron chi connectivity index (χ1n) is 9.37. The lowest BCUT2D eigenvalue weighted by Gasteiger charge is -2.33. The zero-order valence-electron chi connectivity index (χ0n) is 15.3. The van der Waals surface area contributed by atoms with Crippen molar-refractivity contribution in [3.8, 4) is 0 Å². The molecule has 25 heavy (non-hydrogen) atoms. The third kappa shape index (κ3) is 5.30. The molecule has 1 unspecified atom stereocenters. The van der Waals surface area contributed by atoms with Gasteiger partial charge in [-0.15, -0.1) is 0 Å². The molecule has 1 aliphatic heterocycles. The molecule has 2 heterocycles. The number of halogens is 1. The van der Waals surface area contributed by atoms with Crippen LogP contribution in [0.3, 0.4) is 0 Å². The molecule has 5 heteroatoms. The SMILES string of the molecule is CCCn1cc(CNC2CCCN(Cc3ccc(Cl)cc3)C2)c(C)n1. The summed E-state index contributed by atoms with van der Waals surface area (Å²) in [6.45, 7) is 9.49. The molecule has 3 rings (SSSR count). The van der Waals surface area contributed by atoms with Gasteiger partial charge in [0, 0.05) is 49.0 Å². The molecule has 0 radical (unpaired) electrons. The molecule has 0 spiro atoms. The minimum atomic E-state index is 0.551. The Bertz CT molecular complexity index is 665. The van der Waals surface area contributed by atoms with Crippen LogP contribution in [-0.2, 0) is 19.6 Å². The number of hydrogen-bond donors (Lipinski definition) is 1. The molecule has 0 saturated carbocycles. The fourth-order valence-corrected chi connectivity index (χ4v) is 3.67. The number of likely N-dealkylation sites (tertiary alicyclic amines) is 1. The predicted octanol–water partition coefficient (Wildman–Crippen LogP) is 4.01. The lowest BCUT2D eigenvalue weighted by molar-refractivity contribution is 0.182. The first kappa shape index (κ1) is 18.4. The molecule has 0 bridgehead atoms. The summed E-state index contributed by atoms with van der Waals surface area (Å²) < 4.78 is 2.07. The van der Waals surface area contributed by atoms with Gasteiger partial charge in [0.15, 0.2) is 0 Å². The molecule has 1 aromatic heterocycles. The second-order valence-corrected chi connectivity index (χ2v) is 7.52. The number of hydrogen-bond acceptors (Lipinski definition) is 3. The molecule has 1 atom stereocenters. The summed E-state index contributed by atoms with van der Waals surface area (Å²) in [4.78, 5) is 2.54. The summed E-state index contributed by atoms with van der Waals surface area (Å²) in [5.41, 5.74) is 3.81. The van der Waals surface area contributed by atoms with Gasteiger partial charge in [0.2, 0.25) is 0 Å². The highest BCUT2D eigenvalue weighted by Gasteiger charge is 2.20. The van der Waals surface area contributed by atoms with Gasteiger partial charge in [0.05, 0.1) is 5.69 Å². The van der Waals surface area contributed by atoms with Gasteiger partial charge in [0.25, 0.3) is 0 Å². The Labute approximate surface area is 156 Å². The smallest absolute Gasteiger partial charge is 0.0638 e. The maximum atomic E-state index is 5.98. The number of piperidine rings is 1. The number of rotatable bonds is 7. The van der Waals surface area contributed by atoms with Crippen LogP contribution in [0, 0.1) is 6.92 Å². The average molecular weight is 361 g/mol. The van der Waals surface area contributed by atoms with E-state index in [0.717, 1.165) is 43.3 Å². The van der Waals surface area contributed by atoms with Crippen LogP contribution >= 0.6 is 11.6 Å². The van der Waals surface area contributed by atoms with Gasteiger partial charge in [-0.1, -0.05) is 30.7 Å². The summed E-state index contributed by atoms with van der Waals surface area (Å²) in [5, 5.41) is 9.15. The highest BCUT2D eigenvalue weighted by Crippen LogP contribution is 2.16. The van der Waals surface area contributed by atoms with Crippen molar-refractivity contribution in [2.75, 3.05) is 13.1 Å². The third-order valence-corrected chi connectivity index (χ3v) is 5.16. The van der Waals surface area contributed by atoms with E-state index in [2.05, 4.69) is 52.2 Å². The van der Waals surface area contributed by atoms with Gasteiger partial charge in [-0.05, 0) is 50.4 Å². The first-order valence-corrected chi connectivity index (χ1v) is 9.75. The minimum Gasteiger partial charge on any atom is -0.309 e. The maximum Gasteiger partial charge on any atom is 0.0638 e. The van der Waals surface area contributed by atoms with Crippen molar-refractivity contribution in [3.63, 3.8) is 0 Å². The molecule has 4 nitrogen and oxygen atoms in total. The molecule has 0 amide bonds. The van der Waals surface area contributed by atoms with Gasteiger partial charge in [0.1, 0.15) is 0 Å². The van der Waals surface area contributed by atoms with Crippen LogP contribution in [0.4, 0.5) is 0 Å². The van der Waals surface area contributed by atoms with E-state index in [1.807, 2.05) is 12.1 Å². The Morgan fingerprint density at radius 1 is 1.28 bits per heavy atom. The standard InChI is InChI=1S/C20H29ClN4/c1-3-10-25-14-18(16(2)23-25)12-22-20-5-4-11-24(15-20)13-17-6-8-19(21)9-7-17/h6-9,14,20,22H,3-5,10-13,15H2,1-2H3. The molecule has 1 aromatic carbocycles. The van der Waals surface area contributed by atoms with Gasteiger partial charge in [-0.2, -0.15) is 5.10 Å². The van der Waals surface area contributed by atoms with Crippen molar-refractivity contribution in [3.05, 3.63) is 52.3 Å². The molecular formula is C20H29ClN4. The summed E-state index contributed by atoms with van der Waals surface area (Å²) >= 11 is 5.98. The van der Waals surface area contributed by atoms with E-state index >= 15 is 0 Å². The van der Waals surface area contributed by atoms with Crippen molar-refractivity contribution >= 4 is 11.6 Å². The molecule has 1 fully saturated rings. The molecule has 1 aliphatic rings. The lowest BCUT2D eigenvalue weighted by atomic mass is 10.0. The fraction of sp³-hybridized carbons (Fsp3) is 0.550. The van der Waals surface area contributed by atoms with E-state index in [1.54, 1.807) is 0 Å². The van der Waals surface area contributed by atoms with Gasteiger partial charge >= 0.3 is 0 Å². The summed E-state index contributed by atoms with van der Waals surface area (Å²) in [7, 11) is 0. The zero-order chi connectivity index (χ0) is 17.6. The number of aromatic nitrogens is 2. The number of benzene rings is 1. The molecule has 136 valence electrons. The van der Waals surface area contributed by atoms with E-state index in [1.165, 1.54) is 30.5 Å². The van der Waals surface area contributed by atoms with Crippen LogP contribution in [0.5, 0.6) is 0 Å². The summed E-state index contributed by atoms with van der Waals surface area (Å²) in [6, 6.07) is 8.77. The van der Waals surface area contributed by atoms with Crippen molar-refractivity contribution in [2.45, 2.75) is 58.8 Å². The Morgan fingerprint density at radius 3 is 2.84 bits per heavy atom. The second kappa shape index (κ2) is 8.84. The molecule has 1 N–H and O–H groups in total.